The molecule has 0 aliphatic carbocycles. The average molecular weight is 445 g/mol. The van der Waals surface area contributed by atoms with Gasteiger partial charge in [-0.1, -0.05) is 6.07 Å². The highest BCUT2D eigenvalue weighted by molar-refractivity contribution is 5.99. The molecule has 0 bridgehead atoms. The monoisotopic (exact) mass is 445 g/mol. The number of rotatable bonds is 4. The van der Waals surface area contributed by atoms with Crippen molar-refractivity contribution in [3.05, 3.63) is 72.4 Å². The van der Waals surface area contributed by atoms with E-state index < -0.39 is 23.6 Å². The lowest BCUT2D eigenvalue weighted by Crippen LogP contribution is -2.20. The van der Waals surface area contributed by atoms with Gasteiger partial charge in [-0.25, -0.2) is 14.2 Å². The van der Waals surface area contributed by atoms with Gasteiger partial charge in [0, 0.05) is 30.7 Å². The zero-order valence-electron chi connectivity index (χ0n) is 16.4. The minimum absolute atomic E-state index is 0.0619. The van der Waals surface area contributed by atoms with E-state index in [4.69, 9.17) is 4.74 Å². The fraction of sp³-hybridized carbons (Fsp3) is 0.0952. The Labute approximate surface area is 178 Å². The summed E-state index contributed by atoms with van der Waals surface area (Å²) in [5, 5.41) is 4.64. The molecule has 164 valence electrons. The molecule has 2 aromatic carbocycles. The molecule has 4 rings (SSSR count). The Bertz CT molecular complexity index is 1300. The molecule has 0 atom stereocenters. The van der Waals surface area contributed by atoms with E-state index in [2.05, 4.69) is 20.6 Å². The number of nitrogens with one attached hydrogen (secondary N) is 2. The van der Waals surface area contributed by atoms with Gasteiger partial charge in [-0.05, 0) is 36.4 Å². The van der Waals surface area contributed by atoms with Gasteiger partial charge in [0.2, 0.25) is 5.88 Å². The second kappa shape index (κ2) is 8.17. The molecule has 0 fully saturated rings. The predicted molar refractivity (Wildman–Crippen MR) is 109 cm³/mol. The fourth-order valence-electron chi connectivity index (χ4n) is 2.99. The second-order valence-electron chi connectivity index (χ2n) is 6.74. The molecule has 0 saturated carbocycles. The SMILES string of the molecule is Cn1ccc2ncnc(Oc3ccc(NC(=O)Nc4cccc(C(F)(F)F)c4)cc3F)c21. The third kappa shape index (κ3) is 4.46. The smallest absolute Gasteiger partial charge is 0.416 e. The van der Waals surface area contributed by atoms with Gasteiger partial charge >= 0.3 is 12.2 Å². The van der Waals surface area contributed by atoms with E-state index in [1.54, 1.807) is 23.9 Å². The summed E-state index contributed by atoms with van der Waals surface area (Å²) in [7, 11) is 1.77. The first-order chi connectivity index (χ1) is 15.2. The zero-order chi connectivity index (χ0) is 22.9. The van der Waals surface area contributed by atoms with Crippen molar-refractivity contribution in [2.75, 3.05) is 10.6 Å². The third-order valence-electron chi connectivity index (χ3n) is 4.47. The fourth-order valence-corrected chi connectivity index (χ4v) is 2.99. The van der Waals surface area contributed by atoms with E-state index in [-0.39, 0.29) is 23.0 Å². The summed E-state index contributed by atoms with van der Waals surface area (Å²) in [4.78, 5) is 20.2. The molecule has 0 unspecified atom stereocenters. The molecule has 2 N–H and O–H groups in total. The van der Waals surface area contributed by atoms with Gasteiger partial charge in [0.1, 0.15) is 11.8 Å². The van der Waals surface area contributed by atoms with Crippen molar-refractivity contribution in [1.82, 2.24) is 14.5 Å². The Balaban J connectivity index is 1.46. The number of ether oxygens (including phenoxy) is 1. The Hall–Kier alpha value is -4.15. The molecule has 2 amide bonds. The molecule has 2 heterocycles. The summed E-state index contributed by atoms with van der Waals surface area (Å²) in [5.74, 6) is -0.748. The van der Waals surface area contributed by atoms with Crippen molar-refractivity contribution in [2.45, 2.75) is 6.18 Å². The van der Waals surface area contributed by atoms with E-state index in [1.165, 1.54) is 30.6 Å². The van der Waals surface area contributed by atoms with Crippen LogP contribution in [0, 0.1) is 5.82 Å². The van der Waals surface area contributed by atoms with Crippen LogP contribution in [0.25, 0.3) is 11.0 Å². The lowest BCUT2D eigenvalue weighted by molar-refractivity contribution is -0.137. The first-order valence-electron chi connectivity index (χ1n) is 9.19. The Morgan fingerprint density at radius 1 is 1.03 bits per heavy atom. The van der Waals surface area contributed by atoms with Crippen LogP contribution in [-0.2, 0) is 13.2 Å². The van der Waals surface area contributed by atoms with E-state index >= 15 is 0 Å². The summed E-state index contributed by atoms with van der Waals surface area (Å²) in [5.41, 5.74) is 0.316. The van der Waals surface area contributed by atoms with Crippen LogP contribution in [-0.4, -0.2) is 20.6 Å². The second-order valence-corrected chi connectivity index (χ2v) is 6.74. The highest BCUT2D eigenvalue weighted by Gasteiger charge is 2.30. The Morgan fingerprint density at radius 2 is 1.78 bits per heavy atom. The molecule has 0 aliphatic rings. The first kappa shape index (κ1) is 21.1. The molecule has 7 nitrogen and oxygen atoms in total. The van der Waals surface area contributed by atoms with E-state index in [0.717, 1.165) is 18.2 Å². The maximum absolute atomic E-state index is 14.6. The predicted octanol–water partition coefficient (Wildman–Crippen LogP) is 5.56. The molecule has 4 aromatic rings. The number of alkyl halides is 3. The highest BCUT2D eigenvalue weighted by atomic mass is 19.4. The van der Waals surface area contributed by atoms with Crippen LogP contribution >= 0.6 is 0 Å². The number of halogens is 4. The normalized spacial score (nSPS) is 11.4. The Morgan fingerprint density at radius 3 is 2.50 bits per heavy atom. The van der Waals surface area contributed by atoms with Crippen LogP contribution in [0.4, 0.5) is 33.7 Å². The van der Waals surface area contributed by atoms with Crippen LogP contribution < -0.4 is 15.4 Å². The molecular weight excluding hydrogens is 430 g/mol. The molecular formula is C21H15F4N5O2. The van der Waals surface area contributed by atoms with Crippen LogP contribution in [0.15, 0.2) is 61.1 Å². The van der Waals surface area contributed by atoms with Gasteiger partial charge in [0.15, 0.2) is 11.6 Å². The number of hydrogen-bond acceptors (Lipinski definition) is 4. The van der Waals surface area contributed by atoms with Gasteiger partial charge in [-0.3, -0.25) is 0 Å². The molecule has 0 spiro atoms. The molecule has 2 aromatic heterocycles. The number of fused-ring (bicyclic) bond motifs is 1. The largest absolute Gasteiger partial charge is 0.434 e. The van der Waals surface area contributed by atoms with E-state index in [1.807, 2.05) is 0 Å². The molecule has 32 heavy (non-hydrogen) atoms. The standard InChI is InChI=1S/C21H15F4N5O2/c1-30-8-7-16-18(30)19(27-11-26-16)32-17-6-5-14(10-15(17)22)29-20(31)28-13-4-2-3-12(9-13)21(23,24)25/h2-11H,1H3,(H2,28,29,31). The van der Waals surface area contributed by atoms with Crippen molar-refractivity contribution < 1.29 is 27.1 Å². The number of nitrogens with zero attached hydrogens (tertiary/aromatic N) is 3. The maximum atomic E-state index is 14.6. The number of aromatic nitrogens is 3. The van der Waals surface area contributed by atoms with E-state index in [0.29, 0.717) is 11.0 Å². The number of anilines is 2. The first-order valence-corrected chi connectivity index (χ1v) is 9.19. The van der Waals surface area contributed by atoms with Crippen molar-refractivity contribution in [3.63, 3.8) is 0 Å². The van der Waals surface area contributed by atoms with Gasteiger partial charge in [-0.15, -0.1) is 0 Å². The third-order valence-corrected chi connectivity index (χ3v) is 4.47. The lowest BCUT2D eigenvalue weighted by atomic mass is 10.2. The lowest BCUT2D eigenvalue weighted by Gasteiger charge is -2.12. The quantitative estimate of drug-likeness (QED) is 0.403. The summed E-state index contributed by atoms with van der Waals surface area (Å²) in [6, 6.07) is 8.78. The van der Waals surface area contributed by atoms with Gasteiger partial charge in [-0.2, -0.15) is 18.2 Å². The van der Waals surface area contributed by atoms with Crippen molar-refractivity contribution in [2.24, 2.45) is 7.05 Å². The maximum Gasteiger partial charge on any atom is 0.416 e. The molecule has 0 aliphatic heterocycles. The summed E-state index contributed by atoms with van der Waals surface area (Å²) < 4.78 is 60.2. The highest BCUT2D eigenvalue weighted by Crippen LogP contribution is 2.31. The van der Waals surface area contributed by atoms with E-state index in [9.17, 15) is 22.4 Å². The summed E-state index contributed by atoms with van der Waals surface area (Å²) in [6.45, 7) is 0. The zero-order valence-corrected chi connectivity index (χ0v) is 16.4. The number of aryl methyl sites for hydroxylation is 1. The number of amides is 2. The molecule has 0 saturated heterocycles. The minimum atomic E-state index is -4.54. The number of urea groups is 1. The van der Waals surface area contributed by atoms with Gasteiger partial charge in [0.25, 0.3) is 0 Å². The van der Waals surface area contributed by atoms with Crippen molar-refractivity contribution in [1.29, 1.82) is 0 Å². The van der Waals surface area contributed by atoms with Crippen molar-refractivity contribution in [3.8, 4) is 11.6 Å². The summed E-state index contributed by atoms with van der Waals surface area (Å²) >= 11 is 0. The Kier molecular flexibility index (Phi) is 5.39. The van der Waals surface area contributed by atoms with Crippen molar-refractivity contribution >= 4 is 28.4 Å². The number of carbonyl (C=O) groups excluding carboxylic acids is 1. The number of carbonyl (C=O) groups is 1. The van der Waals surface area contributed by atoms with Crippen LogP contribution in [0.1, 0.15) is 5.56 Å². The molecule has 11 heteroatoms. The van der Waals surface area contributed by atoms with Gasteiger partial charge < -0.3 is 19.9 Å². The van der Waals surface area contributed by atoms with Crippen LogP contribution in [0.3, 0.4) is 0 Å². The average Bonchev–Trinajstić information content (AvgIpc) is 3.11. The topological polar surface area (TPSA) is 81.1 Å². The van der Waals surface area contributed by atoms with Crippen LogP contribution in [0.5, 0.6) is 11.6 Å². The number of hydrogen-bond donors (Lipinski definition) is 2. The van der Waals surface area contributed by atoms with Crippen LogP contribution in [0.2, 0.25) is 0 Å². The number of benzene rings is 2. The minimum Gasteiger partial charge on any atom is -0.434 e. The van der Waals surface area contributed by atoms with Gasteiger partial charge in [0.05, 0.1) is 11.1 Å². The summed E-state index contributed by atoms with van der Waals surface area (Å²) in [6.07, 6.45) is -1.48. The molecule has 0 radical (unpaired) electrons.